The molecule has 0 aromatic heterocycles. The van der Waals surface area contributed by atoms with Crippen molar-refractivity contribution in [3.05, 3.63) is 77.4 Å². The van der Waals surface area contributed by atoms with Crippen molar-refractivity contribution in [2.45, 2.75) is 4.90 Å². The highest BCUT2D eigenvalue weighted by atomic mass is 32.2. The van der Waals surface area contributed by atoms with Crippen molar-refractivity contribution < 1.29 is 31.4 Å². The minimum Gasteiger partial charge on any atom is -0.493 e. The maximum atomic E-state index is 13.4. The van der Waals surface area contributed by atoms with Gasteiger partial charge in [-0.2, -0.15) is 0 Å². The van der Waals surface area contributed by atoms with Crippen LogP contribution in [0.2, 0.25) is 0 Å². The molecule has 3 rings (SSSR count). The van der Waals surface area contributed by atoms with Crippen LogP contribution in [0.1, 0.15) is 11.1 Å². The lowest BCUT2D eigenvalue weighted by Crippen LogP contribution is -2.13. The van der Waals surface area contributed by atoms with Crippen LogP contribution in [0.25, 0.3) is 12.2 Å². The van der Waals surface area contributed by atoms with Crippen LogP contribution in [0, 0.1) is 11.6 Å². The van der Waals surface area contributed by atoms with Crippen molar-refractivity contribution in [1.29, 1.82) is 0 Å². The third-order valence-electron chi connectivity index (χ3n) is 4.52. The van der Waals surface area contributed by atoms with E-state index in [0.29, 0.717) is 23.3 Å². The van der Waals surface area contributed by atoms with Gasteiger partial charge in [0, 0.05) is 5.69 Å². The Hall–Kier alpha value is -3.59. The van der Waals surface area contributed by atoms with E-state index >= 15 is 0 Å². The van der Waals surface area contributed by atoms with E-state index < -0.39 is 21.7 Å². The number of methoxy groups -OCH3 is 3. The lowest BCUT2D eigenvalue weighted by Gasteiger charge is -2.12. The van der Waals surface area contributed by atoms with Gasteiger partial charge in [-0.15, -0.1) is 0 Å². The molecule has 168 valence electrons. The van der Waals surface area contributed by atoms with Crippen molar-refractivity contribution in [1.82, 2.24) is 0 Å². The molecule has 0 heterocycles. The Morgan fingerprint density at radius 2 is 1.34 bits per heavy atom. The number of sulfonamides is 1. The van der Waals surface area contributed by atoms with Gasteiger partial charge in [0.1, 0.15) is 0 Å². The van der Waals surface area contributed by atoms with Gasteiger partial charge in [-0.25, -0.2) is 17.2 Å². The van der Waals surface area contributed by atoms with Crippen LogP contribution in [-0.2, 0) is 10.0 Å². The Morgan fingerprint density at radius 3 is 1.88 bits per heavy atom. The summed E-state index contributed by atoms with van der Waals surface area (Å²) in [6, 6.07) is 12.5. The predicted molar refractivity (Wildman–Crippen MR) is 119 cm³/mol. The molecule has 0 saturated heterocycles. The number of rotatable bonds is 8. The number of benzene rings is 3. The van der Waals surface area contributed by atoms with Gasteiger partial charge in [-0.05, 0) is 53.6 Å². The second-order valence-corrected chi connectivity index (χ2v) is 8.28. The Labute approximate surface area is 185 Å². The molecule has 0 bridgehead atoms. The van der Waals surface area contributed by atoms with E-state index in [-0.39, 0.29) is 10.6 Å². The Balaban J connectivity index is 1.77. The van der Waals surface area contributed by atoms with Crippen LogP contribution < -0.4 is 18.9 Å². The minimum atomic E-state index is -4.06. The highest BCUT2D eigenvalue weighted by molar-refractivity contribution is 7.92. The molecule has 32 heavy (non-hydrogen) atoms. The normalized spacial score (nSPS) is 11.4. The number of hydrogen-bond donors (Lipinski definition) is 1. The first-order valence-electron chi connectivity index (χ1n) is 9.33. The summed E-state index contributed by atoms with van der Waals surface area (Å²) in [6.45, 7) is 0. The van der Waals surface area contributed by atoms with E-state index in [9.17, 15) is 17.2 Å². The zero-order chi connectivity index (χ0) is 23.3. The third kappa shape index (κ3) is 5.17. The topological polar surface area (TPSA) is 73.9 Å². The van der Waals surface area contributed by atoms with Crippen LogP contribution in [0.15, 0.2) is 59.5 Å². The zero-order valence-corrected chi connectivity index (χ0v) is 18.4. The van der Waals surface area contributed by atoms with Gasteiger partial charge in [-0.3, -0.25) is 4.72 Å². The third-order valence-corrected chi connectivity index (χ3v) is 5.90. The maximum absolute atomic E-state index is 13.4. The van der Waals surface area contributed by atoms with Gasteiger partial charge < -0.3 is 14.2 Å². The van der Waals surface area contributed by atoms with Crippen molar-refractivity contribution in [2.24, 2.45) is 0 Å². The molecule has 0 aliphatic carbocycles. The van der Waals surface area contributed by atoms with Gasteiger partial charge in [0.25, 0.3) is 10.0 Å². The van der Waals surface area contributed by atoms with Crippen LogP contribution >= 0.6 is 0 Å². The van der Waals surface area contributed by atoms with E-state index in [1.54, 1.807) is 36.4 Å². The molecule has 0 aliphatic rings. The Kier molecular flexibility index (Phi) is 6.99. The number of nitrogens with one attached hydrogen (secondary N) is 1. The van der Waals surface area contributed by atoms with E-state index in [1.165, 1.54) is 21.3 Å². The average molecular weight is 461 g/mol. The summed E-state index contributed by atoms with van der Waals surface area (Å²) in [4.78, 5) is -0.372. The number of anilines is 1. The van der Waals surface area contributed by atoms with Crippen LogP contribution in [-0.4, -0.2) is 29.7 Å². The van der Waals surface area contributed by atoms with Crippen molar-refractivity contribution in [3.63, 3.8) is 0 Å². The molecule has 1 N–H and O–H groups in total. The monoisotopic (exact) mass is 461 g/mol. The molecule has 0 saturated carbocycles. The first kappa shape index (κ1) is 23.1. The molecular formula is C23H21F2NO5S. The van der Waals surface area contributed by atoms with E-state index in [0.717, 1.165) is 23.3 Å². The quantitative estimate of drug-likeness (QED) is 0.480. The van der Waals surface area contributed by atoms with Gasteiger partial charge in [-0.1, -0.05) is 24.3 Å². The molecule has 0 atom stereocenters. The molecule has 3 aromatic carbocycles. The van der Waals surface area contributed by atoms with Crippen molar-refractivity contribution >= 4 is 27.9 Å². The lowest BCUT2D eigenvalue weighted by atomic mass is 10.1. The minimum absolute atomic E-state index is 0.277. The highest BCUT2D eigenvalue weighted by Crippen LogP contribution is 2.38. The smallest absolute Gasteiger partial charge is 0.261 e. The number of hydrogen-bond acceptors (Lipinski definition) is 5. The fourth-order valence-corrected chi connectivity index (χ4v) is 3.98. The molecule has 9 heteroatoms. The van der Waals surface area contributed by atoms with E-state index in [1.807, 2.05) is 12.2 Å². The summed E-state index contributed by atoms with van der Waals surface area (Å²) in [5.74, 6) is -0.820. The summed E-state index contributed by atoms with van der Waals surface area (Å²) in [7, 11) is 0.534. The van der Waals surface area contributed by atoms with Crippen molar-refractivity contribution in [2.75, 3.05) is 26.1 Å². The molecule has 0 aliphatic heterocycles. The molecule has 0 amide bonds. The molecule has 0 unspecified atom stereocenters. The summed E-state index contributed by atoms with van der Waals surface area (Å²) >= 11 is 0. The molecule has 0 fully saturated rings. The van der Waals surface area contributed by atoms with Crippen LogP contribution in [0.5, 0.6) is 17.2 Å². The van der Waals surface area contributed by atoms with Gasteiger partial charge >= 0.3 is 0 Å². The fraction of sp³-hybridized carbons (Fsp3) is 0.130. The first-order chi connectivity index (χ1) is 15.3. The average Bonchev–Trinajstić information content (AvgIpc) is 2.79. The predicted octanol–water partition coefficient (Wildman–Crippen LogP) is 4.96. The van der Waals surface area contributed by atoms with Crippen LogP contribution in [0.4, 0.5) is 14.5 Å². The zero-order valence-electron chi connectivity index (χ0n) is 17.6. The molecule has 3 aromatic rings. The molecule has 0 spiro atoms. The largest absolute Gasteiger partial charge is 0.493 e. The molecule has 0 radical (unpaired) electrons. The van der Waals surface area contributed by atoms with Gasteiger partial charge in [0.05, 0.1) is 26.2 Å². The number of ether oxygens (including phenoxy) is 3. The highest BCUT2D eigenvalue weighted by Gasteiger charge is 2.16. The Bertz CT molecular complexity index is 1220. The van der Waals surface area contributed by atoms with E-state index in [4.69, 9.17) is 14.2 Å². The summed E-state index contributed by atoms with van der Waals surface area (Å²) < 4.78 is 69.5. The second kappa shape index (κ2) is 9.69. The summed E-state index contributed by atoms with van der Waals surface area (Å²) in [6.07, 6.45) is 3.67. The Morgan fingerprint density at radius 1 is 0.750 bits per heavy atom. The van der Waals surface area contributed by atoms with Gasteiger partial charge in [0.2, 0.25) is 5.75 Å². The SMILES string of the molecule is COc1cc(C=Cc2ccc(NS(=O)(=O)c3ccc(F)c(F)c3)cc2)cc(OC)c1OC. The fourth-order valence-electron chi connectivity index (χ4n) is 2.91. The summed E-state index contributed by atoms with van der Waals surface area (Å²) in [5, 5.41) is 0. The second-order valence-electron chi connectivity index (χ2n) is 6.60. The van der Waals surface area contributed by atoms with Gasteiger partial charge in [0.15, 0.2) is 23.1 Å². The standard InChI is InChI=1S/C23H21F2NO5S/c1-29-21-12-16(13-22(30-2)23(21)31-3)5-4-15-6-8-17(9-7-15)26-32(27,28)18-10-11-19(24)20(25)14-18/h4-14,26H,1-3H3. The maximum Gasteiger partial charge on any atom is 0.261 e. The van der Waals surface area contributed by atoms with Crippen molar-refractivity contribution in [3.8, 4) is 17.2 Å². The first-order valence-corrected chi connectivity index (χ1v) is 10.8. The number of halogens is 2. The van der Waals surface area contributed by atoms with E-state index in [2.05, 4.69) is 4.72 Å². The van der Waals surface area contributed by atoms with Crippen LogP contribution in [0.3, 0.4) is 0 Å². The lowest BCUT2D eigenvalue weighted by molar-refractivity contribution is 0.324. The summed E-state index contributed by atoms with van der Waals surface area (Å²) in [5.41, 5.74) is 1.89. The molecular weight excluding hydrogens is 440 g/mol. The molecule has 6 nitrogen and oxygen atoms in total.